The van der Waals surface area contributed by atoms with Crippen LogP contribution in [0.15, 0.2) is 67.9 Å². The van der Waals surface area contributed by atoms with Gasteiger partial charge in [-0.2, -0.15) is 0 Å². The van der Waals surface area contributed by atoms with Gasteiger partial charge in [0.25, 0.3) is 5.56 Å². The minimum atomic E-state index is -0.351. The standard InChI is InChI=1S/C21H21N5O3S/c1-14-7-4-5-9-17(14)19-22-23-20(26(19)12-16-8-6-10-29-16)30-13-15-11-18(27)25(3)21(28)24(15)2/h4-11H,12-13H2,1-3H3. The first-order chi connectivity index (χ1) is 14.5. The van der Waals surface area contributed by atoms with Crippen LogP contribution in [0.1, 0.15) is 17.0 Å². The summed E-state index contributed by atoms with van der Waals surface area (Å²) < 4.78 is 10.1. The number of thioether (sulfide) groups is 1. The normalized spacial score (nSPS) is 11.2. The molecule has 0 aliphatic heterocycles. The molecule has 0 fully saturated rings. The van der Waals surface area contributed by atoms with Crippen LogP contribution in [0, 0.1) is 6.92 Å². The van der Waals surface area contributed by atoms with Gasteiger partial charge in [0, 0.05) is 37.2 Å². The molecule has 3 aromatic heterocycles. The van der Waals surface area contributed by atoms with Crippen LogP contribution in [0.25, 0.3) is 11.4 Å². The number of hydrogen-bond donors (Lipinski definition) is 0. The van der Waals surface area contributed by atoms with Crippen molar-refractivity contribution in [3.05, 3.63) is 86.6 Å². The van der Waals surface area contributed by atoms with Gasteiger partial charge < -0.3 is 4.42 Å². The van der Waals surface area contributed by atoms with E-state index in [0.717, 1.165) is 27.3 Å². The van der Waals surface area contributed by atoms with Gasteiger partial charge in [-0.25, -0.2) is 4.79 Å². The highest BCUT2D eigenvalue weighted by Crippen LogP contribution is 2.28. The molecule has 8 nitrogen and oxygen atoms in total. The van der Waals surface area contributed by atoms with E-state index in [-0.39, 0.29) is 11.2 Å². The third-order valence-electron chi connectivity index (χ3n) is 4.97. The molecule has 9 heteroatoms. The first kappa shape index (κ1) is 20.0. The van der Waals surface area contributed by atoms with Crippen LogP contribution in [0.3, 0.4) is 0 Å². The minimum Gasteiger partial charge on any atom is -0.467 e. The Kier molecular flexibility index (Phi) is 5.45. The molecule has 0 aliphatic carbocycles. The SMILES string of the molecule is Cc1ccccc1-c1nnc(SCc2cc(=O)n(C)c(=O)n2C)n1Cc1ccco1. The molecule has 1 aromatic carbocycles. The average molecular weight is 423 g/mol. The molecule has 0 amide bonds. The lowest BCUT2D eigenvalue weighted by atomic mass is 10.1. The smallest absolute Gasteiger partial charge is 0.330 e. The fraction of sp³-hybridized carbons (Fsp3) is 0.238. The maximum absolute atomic E-state index is 12.2. The Hall–Kier alpha value is -3.33. The number of aryl methyl sites for hydroxylation is 1. The van der Waals surface area contributed by atoms with Crippen LogP contribution in [0.5, 0.6) is 0 Å². The zero-order valence-corrected chi connectivity index (χ0v) is 17.7. The van der Waals surface area contributed by atoms with Gasteiger partial charge in [0.15, 0.2) is 11.0 Å². The van der Waals surface area contributed by atoms with Gasteiger partial charge in [0.05, 0.1) is 12.8 Å². The molecule has 0 saturated carbocycles. The van der Waals surface area contributed by atoms with Crippen LogP contribution in [-0.4, -0.2) is 23.9 Å². The first-order valence-corrected chi connectivity index (χ1v) is 10.3. The van der Waals surface area contributed by atoms with Gasteiger partial charge in [-0.05, 0) is 24.6 Å². The van der Waals surface area contributed by atoms with Crippen molar-refractivity contribution in [2.24, 2.45) is 14.1 Å². The second kappa shape index (κ2) is 8.19. The van der Waals surface area contributed by atoms with Gasteiger partial charge in [0.2, 0.25) is 0 Å². The number of hydrogen-bond acceptors (Lipinski definition) is 6. The highest BCUT2D eigenvalue weighted by molar-refractivity contribution is 7.98. The quantitative estimate of drug-likeness (QED) is 0.443. The molecule has 0 atom stereocenters. The number of furan rings is 1. The summed E-state index contributed by atoms with van der Waals surface area (Å²) in [5.74, 6) is 1.93. The van der Waals surface area contributed by atoms with Gasteiger partial charge in [-0.1, -0.05) is 36.0 Å². The topological polar surface area (TPSA) is 87.9 Å². The Morgan fingerprint density at radius 2 is 1.83 bits per heavy atom. The van der Waals surface area contributed by atoms with Crippen LogP contribution in [-0.2, 0) is 26.4 Å². The summed E-state index contributed by atoms with van der Waals surface area (Å²) in [5, 5.41) is 9.49. The van der Waals surface area contributed by atoms with Crippen LogP contribution in [0.4, 0.5) is 0 Å². The molecule has 0 radical (unpaired) electrons. The van der Waals surface area contributed by atoms with Gasteiger partial charge in [0.1, 0.15) is 5.76 Å². The van der Waals surface area contributed by atoms with E-state index in [4.69, 9.17) is 4.42 Å². The molecule has 0 saturated heterocycles. The predicted molar refractivity (Wildman–Crippen MR) is 114 cm³/mol. The fourth-order valence-electron chi connectivity index (χ4n) is 3.17. The lowest BCUT2D eigenvalue weighted by Gasteiger charge is -2.11. The van der Waals surface area contributed by atoms with Crippen molar-refractivity contribution in [2.75, 3.05) is 0 Å². The Balaban J connectivity index is 1.71. The maximum atomic E-state index is 12.2. The summed E-state index contributed by atoms with van der Waals surface area (Å²) in [6.45, 7) is 2.51. The number of aromatic nitrogens is 5. The second-order valence-corrected chi connectivity index (χ2v) is 7.89. The van der Waals surface area contributed by atoms with Crippen molar-refractivity contribution < 1.29 is 4.42 Å². The largest absolute Gasteiger partial charge is 0.467 e. The lowest BCUT2D eigenvalue weighted by molar-refractivity contribution is 0.485. The zero-order chi connectivity index (χ0) is 21.3. The second-order valence-electron chi connectivity index (χ2n) is 6.95. The highest BCUT2D eigenvalue weighted by Gasteiger charge is 2.18. The summed E-state index contributed by atoms with van der Waals surface area (Å²) in [5.41, 5.74) is 2.03. The molecule has 0 bridgehead atoms. The summed E-state index contributed by atoms with van der Waals surface area (Å²) in [6, 6.07) is 13.2. The van der Waals surface area contributed by atoms with E-state index in [1.165, 1.54) is 29.4 Å². The fourth-order valence-corrected chi connectivity index (χ4v) is 4.13. The third-order valence-corrected chi connectivity index (χ3v) is 5.97. The van der Waals surface area contributed by atoms with E-state index in [9.17, 15) is 9.59 Å². The zero-order valence-electron chi connectivity index (χ0n) is 16.9. The van der Waals surface area contributed by atoms with Crippen molar-refractivity contribution in [3.63, 3.8) is 0 Å². The molecule has 154 valence electrons. The van der Waals surface area contributed by atoms with Crippen molar-refractivity contribution in [1.82, 2.24) is 23.9 Å². The molecular weight excluding hydrogens is 402 g/mol. The summed E-state index contributed by atoms with van der Waals surface area (Å²) in [4.78, 5) is 24.2. The molecule has 0 spiro atoms. The monoisotopic (exact) mass is 423 g/mol. The van der Waals surface area contributed by atoms with Crippen molar-refractivity contribution in [3.8, 4) is 11.4 Å². The van der Waals surface area contributed by atoms with E-state index in [1.54, 1.807) is 13.3 Å². The molecule has 3 heterocycles. The Bertz CT molecular complexity index is 1300. The molecule has 0 aliphatic rings. The predicted octanol–water partition coefficient (Wildman–Crippen LogP) is 2.58. The molecule has 30 heavy (non-hydrogen) atoms. The van der Waals surface area contributed by atoms with Crippen molar-refractivity contribution in [2.45, 2.75) is 24.4 Å². The van der Waals surface area contributed by atoms with E-state index < -0.39 is 0 Å². The summed E-state index contributed by atoms with van der Waals surface area (Å²) in [6.07, 6.45) is 1.63. The number of nitrogens with zero attached hydrogens (tertiary/aromatic N) is 5. The first-order valence-electron chi connectivity index (χ1n) is 9.36. The minimum absolute atomic E-state index is 0.327. The van der Waals surface area contributed by atoms with E-state index in [2.05, 4.69) is 10.2 Å². The van der Waals surface area contributed by atoms with Crippen molar-refractivity contribution in [1.29, 1.82) is 0 Å². The van der Waals surface area contributed by atoms with Gasteiger partial charge in [-0.15, -0.1) is 10.2 Å². The molecule has 4 rings (SSSR count). The van der Waals surface area contributed by atoms with E-state index in [0.29, 0.717) is 23.1 Å². The summed E-state index contributed by atoms with van der Waals surface area (Å²) in [7, 11) is 3.13. The van der Waals surface area contributed by atoms with Crippen LogP contribution in [0.2, 0.25) is 0 Å². The molecule has 0 unspecified atom stereocenters. The lowest BCUT2D eigenvalue weighted by Crippen LogP contribution is -2.37. The van der Waals surface area contributed by atoms with Crippen LogP contribution < -0.4 is 11.2 Å². The third kappa shape index (κ3) is 3.76. The Labute approximate surface area is 176 Å². The molecular formula is C21H21N5O3S. The van der Waals surface area contributed by atoms with Crippen LogP contribution >= 0.6 is 11.8 Å². The highest BCUT2D eigenvalue weighted by atomic mass is 32.2. The molecule has 4 aromatic rings. The van der Waals surface area contributed by atoms with Gasteiger partial charge in [-0.3, -0.25) is 18.5 Å². The van der Waals surface area contributed by atoms with E-state index >= 15 is 0 Å². The average Bonchev–Trinajstić information content (AvgIpc) is 3.39. The number of rotatable bonds is 6. The van der Waals surface area contributed by atoms with Gasteiger partial charge >= 0.3 is 5.69 Å². The Morgan fingerprint density at radius 3 is 2.57 bits per heavy atom. The Morgan fingerprint density at radius 1 is 1.03 bits per heavy atom. The summed E-state index contributed by atoms with van der Waals surface area (Å²) >= 11 is 1.42. The molecule has 0 N–H and O–H groups in total. The van der Waals surface area contributed by atoms with E-state index in [1.807, 2.05) is 47.9 Å². The number of benzene rings is 1. The maximum Gasteiger partial charge on any atom is 0.330 e. The van der Waals surface area contributed by atoms with Crippen molar-refractivity contribution >= 4 is 11.8 Å².